The van der Waals surface area contributed by atoms with Gasteiger partial charge in [0.05, 0.1) is 11.3 Å². The number of imidazole rings is 1. The van der Waals surface area contributed by atoms with Gasteiger partial charge in [0.15, 0.2) is 35.1 Å². The topological polar surface area (TPSA) is 157 Å². The molecule has 5 rings (SSSR count). The molecule has 0 saturated carbocycles. The number of aromatic nitrogens is 5. The maximum Gasteiger partial charge on any atom is 0.573 e. The predicted molar refractivity (Wildman–Crippen MR) is 134 cm³/mol. The molecule has 1 aliphatic rings. The highest BCUT2D eigenvalue weighted by Gasteiger charge is 2.47. The first kappa shape index (κ1) is 23.8. The number of nitrogens with zero attached hydrogens (tertiary/aromatic N) is 5. The van der Waals surface area contributed by atoms with E-state index >= 15 is 0 Å². The lowest BCUT2D eigenvalue weighted by Crippen LogP contribution is -2.41. The largest absolute Gasteiger partial charge is 0.573 e. The molecule has 1 aromatic carbocycles. The van der Waals surface area contributed by atoms with Gasteiger partial charge < -0.3 is 30.3 Å². The molecule has 210 valence electrons. The minimum atomic E-state index is -4.83. The van der Waals surface area contributed by atoms with E-state index in [4.69, 9.17) is 20.5 Å². The summed E-state index contributed by atoms with van der Waals surface area (Å²) >= 11 is 6.10. The van der Waals surface area contributed by atoms with Gasteiger partial charge in [-0.1, -0.05) is 23.7 Å². The second-order valence-corrected chi connectivity index (χ2v) is 9.01. The zero-order valence-corrected chi connectivity index (χ0v) is 20.8. The fourth-order valence-corrected chi connectivity index (χ4v) is 4.24. The first-order chi connectivity index (χ1) is 20.2. The Kier molecular flexibility index (Phi) is 6.45. The van der Waals surface area contributed by atoms with E-state index in [1.807, 2.05) is 0 Å². The number of aliphatic hydroxyl groups is 2. The van der Waals surface area contributed by atoms with E-state index in [0.717, 1.165) is 12.1 Å². The van der Waals surface area contributed by atoms with Gasteiger partial charge >= 0.3 is 6.36 Å². The first-order valence-electron chi connectivity index (χ1n) is 13.0. The van der Waals surface area contributed by atoms with E-state index in [1.165, 1.54) is 35.4 Å². The third-order valence-electron chi connectivity index (χ3n) is 5.90. The molecule has 0 spiro atoms. The molecular weight excluding hydrogens is 559 g/mol. The lowest BCUT2D eigenvalue weighted by atomic mass is 10.1. The molecule has 0 unspecified atom stereocenters. The fraction of sp³-hybridized carbons (Fsp3) is 0.292. The van der Waals surface area contributed by atoms with Gasteiger partial charge in [-0.05, 0) is 23.8 Å². The number of amides is 1. The van der Waals surface area contributed by atoms with Gasteiger partial charge in [0, 0.05) is 35.6 Å². The van der Waals surface area contributed by atoms with Crippen LogP contribution in [0.1, 0.15) is 15.9 Å². The minimum absolute atomic E-state index is 0.0783. The summed E-state index contributed by atoms with van der Waals surface area (Å²) in [6.07, 6.45) is -7.39. The normalized spacial score (nSPS) is 22.4. The summed E-state index contributed by atoms with van der Waals surface area (Å²) in [7, 11) is 0. The van der Waals surface area contributed by atoms with Gasteiger partial charge in [-0.15, -0.1) is 13.2 Å². The van der Waals surface area contributed by atoms with Crippen molar-refractivity contribution in [3.8, 4) is 17.1 Å². The number of halogens is 4. The molecule has 1 aliphatic heterocycles. The van der Waals surface area contributed by atoms with Gasteiger partial charge in [0.25, 0.3) is 5.91 Å². The van der Waals surface area contributed by atoms with E-state index in [1.54, 1.807) is 11.4 Å². The molecular formula is C24H21ClF3N7O5. The molecule has 40 heavy (non-hydrogen) atoms. The number of carbonyl (C=O) groups excluding carboxylic acids is 1. The average Bonchev–Trinajstić information content (AvgIpc) is 3.47. The number of rotatable bonds is 7. The zero-order valence-electron chi connectivity index (χ0n) is 23.0. The van der Waals surface area contributed by atoms with Crippen LogP contribution < -0.4 is 15.4 Å². The molecule has 0 bridgehead atoms. The number of anilines is 1. The Morgan fingerprint density at radius 1 is 1.23 bits per heavy atom. The first-order valence-corrected chi connectivity index (χ1v) is 11.8. The average molecular weight is 583 g/mol. The van der Waals surface area contributed by atoms with Gasteiger partial charge in [-0.25, -0.2) is 15.0 Å². The summed E-state index contributed by atoms with van der Waals surface area (Å²) < 4.78 is 69.9. The van der Waals surface area contributed by atoms with Gasteiger partial charge in [-0.2, -0.15) is 0 Å². The summed E-state index contributed by atoms with van der Waals surface area (Å²) in [6.45, 7) is -2.78. The maximum atomic E-state index is 12.5. The number of hydrogen-bond donors (Lipinski definition) is 4. The number of carbonyl (C=O) groups is 1. The van der Waals surface area contributed by atoms with E-state index < -0.39 is 49.5 Å². The number of likely N-dealkylation sites (N-methyl/N-ethyl adjacent to an activating group) is 1. The summed E-state index contributed by atoms with van der Waals surface area (Å²) in [5.74, 6) is -1.28. The molecule has 1 fully saturated rings. The van der Waals surface area contributed by atoms with Gasteiger partial charge in [0.1, 0.15) is 18.0 Å². The number of aliphatic hydroxyl groups excluding tert-OH is 2. The lowest BCUT2D eigenvalue weighted by molar-refractivity contribution is -0.274. The van der Waals surface area contributed by atoms with Crippen LogP contribution in [0.25, 0.3) is 22.6 Å². The number of pyridine rings is 1. The quantitative estimate of drug-likeness (QED) is 0.255. The van der Waals surface area contributed by atoms with Crippen molar-refractivity contribution in [3.63, 3.8) is 0 Å². The van der Waals surface area contributed by atoms with Crippen LogP contribution in [-0.2, 0) is 16.1 Å². The van der Waals surface area contributed by atoms with Crippen LogP contribution in [0.2, 0.25) is 5.02 Å². The van der Waals surface area contributed by atoms with Gasteiger partial charge in [-0.3, -0.25) is 14.3 Å². The molecule has 4 atom stereocenters. The number of nitrogens with one attached hydrogen (secondary N) is 2. The molecule has 4 aromatic rings. The van der Waals surface area contributed by atoms with Crippen molar-refractivity contribution in [1.29, 1.82) is 0 Å². The van der Waals surface area contributed by atoms with E-state index in [-0.39, 0.29) is 34.4 Å². The minimum Gasteiger partial charge on any atom is -0.406 e. The lowest BCUT2D eigenvalue weighted by Gasteiger charge is -2.17. The molecule has 4 N–H and O–H groups in total. The molecule has 16 heteroatoms. The molecule has 1 amide bonds. The Balaban J connectivity index is 1.48. The van der Waals surface area contributed by atoms with Crippen molar-refractivity contribution >= 4 is 34.5 Å². The second-order valence-electron chi connectivity index (χ2n) is 8.57. The van der Waals surface area contributed by atoms with Crippen LogP contribution >= 0.6 is 11.6 Å². The highest BCUT2D eigenvalue weighted by molar-refractivity contribution is 6.30. The number of fused-ring (bicyclic) bond motifs is 1. The highest BCUT2D eigenvalue weighted by Crippen LogP contribution is 2.34. The number of alkyl halides is 3. The standard InChI is InChI=1S/C24H21ClF3N7O5/c1-29-22(38)18-16(36)17(37)23(39-18)35-10-32-15-20(31-7-11-2-4-14(5-3-11)40-24(26,27)28)33-19(34-21(15)35)12-6-13(25)9-30-8-12/h2-6,8-10,16-18,23,36-37H,7H2,1H3,(H,29,38)(H,31,33,34)/t16-,17+,18-,23+/m0/s1/i1D3. The Hall–Kier alpha value is -4.05. The van der Waals surface area contributed by atoms with Crippen LogP contribution in [-0.4, -0.2) is 72.3 Å². The monoisotopic (exact) mass is 582 g/mol. The number of ether oxygens (including phenoxy) is 2. The van der Waals surface area contributed by atoms with Crippen molar-refractivity contribution in [2.45, 2.75) is 37.4 Å². The van der Waals surface area contributed by atoms with Crippen LogP contribution in [0, 0.1) is 0 Å². The van der Waals surface area contributed by atoms with Crippen LogP contribution in [0.3, 0.4) is 0 Å². The predicted octanol–water partition coefficient (Wildman–Crippen LogP) is 2.42. The van der Waals surface area contributed by atoms with E-state index in [0.29, 0.717) is 11.1 Å². The summed E-state index contributed by atoms with van der Waals surface area (Å²) in [5.41, 5.74) is 1.19. The number of benzene rings is 1. The molecule has 12 nitrogen and oxygen atoms in total. The maximum absolute atomic E-state index is 12.5. The van der Waals surface area contributed by atoms with Crippen LogP contribution in [0.4, 0.5) is 19.0 Å². The smallest absolute Gasteiger partial charge is 0.406 e. The molecule has 0 aliphatic carbocycles. The van der Waals surface area contributed by atoms with E-state index in [2.05, 4.69) is 30.0 Å². The Bertz CT molecular complexity index is 1640. The van der Waals surface area contributed by atoms with Crippen molar-refractivity contribution in [2.75, 3.05) is 12.3 Å². The van der Waals surface area contributed by atoms with Crippen molar-refractivity contribution < 1.29 is 41.8 Å². The van der Waals surface area contributed by atoms with Crippen molar-refractivity contribution in [1.82, 2.24) is 29.8 Å². The Labute approximate surface area is 233 Å². The third-order valence-corrected chi connectivity index (χ3v) is 6.10. The summed E-state index contributed by atoms with van der Waals surface area (Å²) in [4.78, 5) is 29.8. The number of hydrogen-bond acceptors (Lipinski definition) is 10. The Morgan fingerprint density at radius 3 is 2.70 bits per heavy atom. The highest BCUT2D eigenvalue weighted by atomic mass is 35.5. The molecule has 4 heterocycles. The van der Waals surface area contributed by atoms with Crippen LogP contribution in [0.5, 0.6) is 5.75 Å². The summed E-state index contributed by atoms with van der Waals surface area (Å²) in [6, 6.07) is 6.68. The Morgan fingerprint density at radius 2 is 2.00 bits per heavy atom. The molecule has 3 aromatic heterocycles. The van der Waals surface area contributed by atoms with Gasteiger partial charge in [0.2, 0.25) is 0 Å². The second kappa shape index (κ2) is 10.8. The van der Waals surface area contributed by atoms with Crippen LogP contribution in [0.15, 0.2) is 49.1 Å². The van der Waals surface area contributed by atoms with Crippen molar-refractivity contribution in [2.24, 2.45) is 0 Å². The van der Waals surface area contributed by atoms with Crippen molar-refractivity contribution in [3.05, 3.63) is 59.6 Å². The SMILES string of the molecule is [2H]C([2H])([2H])NC(=O)[C@H]1O[C@@H](n2cnc3c(NCc4ccc(OC(F)(F)F)cc4)nc(-c4cncc(Cl)c4)nc32)[C@H](O)[C@@H]1O. The zero-order chi connectivity index (χ0) is 31.1. The third kappa shape index (κ3) is 5.62. The summed E-state index contributed by atoms with van der Waals surface area (Å²) in [5, 5.41) is 26.3. The van der Waals surface area contributed by atoms with E-state index in [9.17, 15) is 28.2 Å². The molecule has 1 saturated heterocycles. The molecule has 0 radical (unpaired) electrons. The fourth-order valence-electron chi connectivity index (χ4n) is 4.06.